The molecule has 1 unspecified atom stereocenters. The van der Waals surface area contributed by atoms with Crippen LogP contribution >= 0.6 is 0 Å². The number of hydrogen-bond acceptors (Lipinski definition) is 5. The standard InChI is InChI=1S/C15H26N2O3/c1-5-17(8-9-18-2)11-14(16)13-10-12(19-3)6-7-15(13)20-4/h6-7,10,14H,5,8-9,11,16H2,1-4H3. The maximum absolute atomic E-state index is 6.33. The number of benzene rings is 1. The molecule has 0 fully saturated rings. The van der Waals surface area contributed by atoms with Gasteiger partial charge in [0.15, 0.2) is 0 Å². The monoisotopic (exact) mass is 282 g/mol. The highest BCUT2D eigenvalue weighted by atomic mass is 16.5. The molecule has 0 amide bonds. The Morgan fingerprint density at radius 3 is 2.50 bits per heavy atom. The van der Waals surface area contributed by atoms with Crippen molar-refractivity contribution in [3.63, 3.8) is 0 Å². The number of ether oxygens (including phenoxy) is 3. The number of nitrogens with two attached hydrogens (primary N) is 1. The second kappa shape index (κ2) is 8.79. The average Bonchev–Trinajstić information content (AvgIpc) is 2.50. The SMILES string of the molecule is CCN(CCOC)CC(N)c1cc(OC)ccc1OC. The largest absolute Gasteiger partial charge is 0.497 e. The molecule has 1 aromatic carbocycles. The zero-order valence-electron chi connectivity index (χ0n) is 12.9. The highest BCUT2D eigenvalue weighted by Gasteiger charge is 2.16. The summed E-state index contributed by atoms with van der Waals surface area (Å²) in [6, 6.07) is 5.57. The van der Waals surface area contributed by atoms with E-state index in [1.165, 1.54) is 0 Å². The second-order valence-corrected chi connectivity index (χ2v) is 4.60. The molecule has 114 valence electrons. The molecule has 2 N–H and O–H groups in total. The van der Waals surface area contributed by atoms with Crippen LogP contribution in [0.4, 0.5) is 0 Å². The van der Waals surface area contributed by atoms with Crippen molar-refractivity contribution in [1.29, 1.82) is 0 Å². The summed E-state index contributed by atoms with van der Waals surface area (Å²) in [6.07, 6.45) is 0. The van der Waals surface area contributed by atoms with Gasteiger partial charge in [0, 0.05) is 31.8 Å². The summed E-state index contributed by atoms with van der Waals surface area (Å²) in [6.45, 7) is 5.38. The molecule has 0 bridgehead atoms. The number of methoxy groups -OCH3 is 3. The average molecular weight is 282 g/mol. The summed E-state index contributed by atoms with van der Waals surface area (Å²) in [5, 5.41) is 0. The van der Waals surface area contributed by atoms with E-state index in [1.54, 1.807) is 21.3 Å². The van der Waals surface area contributed by atoms with E-state index < -0.39 is 0 Å². The Hall–Kier alpha value is -1.30. The summed E-state index contributed by atoms with van der Waals surface area (Å²) >= 11 is 0. The van der Waals surface area contributed by atoms with Crippen LogP contribution in [0.5, 0.6) is 11.5 Å². The third kappa shape index (κ3) is 4.67. The molecule has 0 saturated carbocycles. The van der Waals surface area contributed by atoms with Gasteiger partial charge in [0.25, 0.3) is 0 Å². The van der Waals surface area contributed by atoms with Gasteiger partial charge in [-0.15, -0.1) is 0 Å². The van der Waals surface area contributed by atoms with Gasteiger partial charge in [-0.05, 0) is 24.7 Å². The molecule has 20 heavy (non-hydrogen) atoms. The molecule has 0 aromatic heterocycles. The Labute approximate surface area is 121 Å². The predicted molar refractivity (Wildman–Crippen MR) is 80.5 cm³/mol. The van der Waals surface area contributed by atoms with Crippen molar-refractivity contribution in [3.8, 4) is 11.5 Å². The minimum absolute atomic E-state index is 0.128. The first-order chi connectivity index (χ1) is 9.65. The van der Waals surface area contributed by atoms with Crippen LogP contribution in [-0.4, -0.2) is 52.5 Å². The summed E-state index contributed by atoms with van der Waals surface area (Å²) in [5.41, 5.74) is 7.29. The Morgan fingerprint density at radius 1 is 1.20 bits per heavy atom. The van der Waals surface area contributed by atoms with Crippen molar-refractivity contribution in [2.24, 2.45) is 5.73 Å². The van der Waals surface area contributed by atoms with Gasteiger partial charge in [0.05, 0.1) is 20.8 Å². The molecule has 0 aliphatic rings. The van der Waals surface area contributed by atoms with Crippen LogP contribution in [0.25, 0.3) is 0 Å². The normalized spacial score (nSPS) is 12.5. The quantitative estimate of drug-likeness (QED) is 0.746. The van der Waals surface area contributed by atoms with Crippen LogP contribution in [0.15, 0.2) is 18.2 Å². The predicted octanol–water partition coefficient (Wildman–Crippen LogP) is 1.67. The number of rotatable bonds is 9. The van der Waals surface area contributed by atoms with E-state index in [1.807, 2.05) is 18.2 Å². The molecule has 5 nitrogen and oxygen atoms in total. The summed E-state index contributed by atoms with van der Waals surface area (Å²) < 4.78 is 15.8. The van der Waals surface area contributed by atoms with Crippen LogP contribution in [0.3, 0.4) is 0 Å². The summed E-state index contributed by atoms with van der Waals surface area (Å²) in [7, 11) is 5.01. The molecule has 1 atom stereocenters. The van der Waals surface area contributed by atoms with Gasteiger partial charge in [-0.1, -0.05) is 6.92 Å². The van der Waals surface area contributed by atoms with E-state index in [2.05, 4.69) is 11.8 Å². The molecule has 0 aliphatic carbocycles. The summed E-state index contributed by atoms with van der Waals surface area (Å²) in [4.78, 5) is 2.26. The van der Waals surface area contributed by atoms with E-state index in [9.17, 15) is 0 Å². The van der Waals surface area contributed by atoms with Gasteiger partial charge in [0.2, 0.25) is 0 Å². The van der Waals surface area contributed by atoms with Crippen LogP contribution in [-0.2, 0) is 4.74 Å². The van der Waals surface area contributed by atoms with E-state index in [0.717, 1.165) is 36.7 Å². The first-order valence-electron chi connectivity index (χ1n) is 6.85. The highest BCUT2D eigenvalue weighted by molar-refractivity contribution is 5.42. The van der Waals surface area contributed by atoms with Crippen molar-refractivity contribution in [2.75, 3.05) is 47.6 Å². The third-order valence-electron chi connectivity index (χ3n) is 3.35. The first kappa shape index (κ1) is 16.8. The molecule has 1 rings (SSSR count). The van der Waals surface area contributed by atoms with Crippen LogP contribution in [0.2, 0.25) is 0 Å². The van der Waals surface area contributed by atoms with Crippen molar-refractivity contribution < 1.29 is 14.2 Å². The molecule has 1 aromatic rings. The zero-order chi connectivity index (χ0) is 15.0. The molecule has 0 radical (unpaired) electrons. The van der Waals surface area contributed by atoms with E-state index >= 15 is 0 Å². The highest BCUT2D eigenvalue weighted by Crippen LogP contribution is 2.28. The minimum atomic E-state index is -0.128. The Kier molecular flexibility index (Phi) is 7.36. The Balaban J connectivity index is 2.81. The van der Waals surface area contributed by atoms with Crippen LogP contribution < -0.4 is 15.2 Å². The van der Waals surface area contributed by atoms with Gasteiger partial charge in [0.1, 0.15) is 11.5 Å². The maximum Gasteiger partial charge on any atom is 0.123 e. The lowest BCUT2D eigenvalue weighted by Crippen LogP contribution is -2.34. The molecule has 0 aliphatic heterocycles. The Morgan fingerprint density at radius 2 is 1.95 bits per heavy atom. The van der Waals surface area contributed by atoms with E-state index in [4.69, 9.17) is 19.9 Å². The van der Waals surface area contributed by atoms with Gasteiger partial charge in [-0.2, -0.15) is 0 Å². The molecular formula is C15H26N2O3. The van der Waals surface area contributed by atoms with Gasteiger partial charge < -0.3 is 19.9 Å². The van der Waals surface area contributed by atoms with Gasteiger partial charge >= 0.3 is 0 Å². The molecule has 0 spiro atoms. The van der Waals surface area contributed by atoms with Crippen molar-refractivity contribution in [2.45, 2.75) is 13.0 Å². The third-order valence-corrected chi connectivity index (χ3v) is 3.35. The summed E-state index contributed by atoms with van der Waals surface area (Å²) in [5.74, 6) is 1.58. The number of nitrogens with zero attached hydrogens (tertiary/aromatic N) is 1. The zero-order valence-corrected chi connectivity index (χ0v) is 12.9. The van der Waals surface area contributed by atoms with E-state index in [0.29, 0.717) is 6.61 Å². The van der Waals surface area contributed by atoms with Crippen molar-refractivity contribution in [3.05, 3.63) is 23.8 Å². The smallest absolute Gasteiger partial charge is 0.123 e. The molecule has 5 heteroatoms. The topological polar surface area (TPSA) is 57.0 Å². The van der Waals surface area contributed by atoms with Crippen molar-refractivity contribution >= 4 is 0 Å². The lowest BCUT2D eigenvalue weighted by atomic mass is 10.1. The fraction of sp³-hybridized carbons (Fsp3) is 0.600. The first-order valence-corrected chi connectivity index (χ1v) is 6.85. The lowest BCUT2D eigenvalue weighted by molar-refractivity contribution is 0.147. The lowest BCUT2D eigenvalue weighted by Gasteiger charge is -2.25. The molecule has 0 heterocycles. The van der Waals surface area contributed by atoms with Gasteiger partial charge in [-0.3, -0.25) is 4.90 Å². The molecular weight excluding hydrogens is 256 g/mol. The fourth-order valence-electron chi connectivity index (χ4n) is 2.10. The molecule has 0 saturated heterocycles. The minimum Gasteiger partial charge on any atom is -0.497 e. The van der Waals surface area contributed by atoms with Crippen LogP contribution in [0.1, 0.15) is 18.5 Å². The number of hydrogen-bond donors (Lipinski definition) is 1. The Bertz CT molecular complexity index is 399. The van der Waals surface area contributed by atoms with Crippen LogP contribution in [0, 0.1) is 0 Å². The maximum atomic E-state index is 6.33. The fourth-order valence-corrected chi connectivity index (χ4v) is 2.10. The van der Waals surface area contributed by atoms with Gasteiger partial charge in [-0.25, -0.2) is 0 Å². The van der Waals surface area contributed by atoms with E-state index in [-0.39, 0.29) is 6.04 Å². The second-order valence-electron chi connectivity index (χ2n) is 4.60. The van der Waals surface area contributed by atoms with Crippen molar-refractivity contribution in [1.82, 2.24) is 4.90 Å². The number of likely N-dealkylation sites (N-methyl/N-ethyl adjacent to an activating group) is 1.